The van der Waals surface area contributed by atoms with Crippen LogP contribution >= 0.6 is 43.3 Å². The Balaban J connectivity index is 0.00000196. The minimum absolute atomic E-state index is 0. The van der Waals surface area contributed by atoms with Gasteiger partial charge in [0.1, 0.15) is 5.02 Å². The Hall–Kier alpha value is 0.772. The van der Waals surface area contributed by atoms with Gasteiger partial charge in [-0.05, 0) is 20.6 Å². The molecule has 0 bridgehead atoms. The van der Waals surface area contributed by atoms with Crippen LogP contribution in [0.3, 0.4) is 0 Å². The molecule has 1 radical (unpaired) electrons. The summed E-state index contributed by atoms with van der Waals surface area (Å²) in [6, 6.07) is 2.79. The van der Waals surface area contributed by atoms with E-state index in [1.165, 1.54) is 12.1 Å². The Bertz CT molecular complexity index is 377. The number of carboxylic acids is 1. The molecule has 1 unspecified atom stereocenters. The van der Waals surface area contributed by atoms with Crippen molar-refractivity contribution < 1.29 is 14.1 Å². The molecule has 79 valence electrons. The first-order valence-electron chi connectivity index (χ1n) is 3.32. The molecular weight excluding hydrogens is 470 g/mol. The minimum Gasteiger partial charge on any atom is -0.478 e. The van der Waals surface area contributed by atoms with Crippen molar-refractivity contribution in [1.29, 1.82) is 0 Å². The van der Waals surface area contributed by atoms with Gasteiger partial charge in [0, 0.05) is 27.3 Å². The van der Waals surface area contributed by atoms with Crippen LogP contribution in [0.5, 0.6) is 5.75 Å². The largest absolute Gasteiger partial charge is 0.478 e. The van der Waals surface area contributed by atoms with E-state index in [9.17, 15) is 4.79 Å². The number of aromatic carboxylic acids is 1. The minimum atomic E-state index is -1.12. The molecule has 3 nitrogen and oxygen atoms in total. The fourth-order valence-electron chi connectivity index (χ4n) is 0.813. The molecular formula is C7H5Cl2O3PSTl. The number of halogens is 2. The van der Waals surface area contributed by atoms with Crippen LogP contribution < -0.4 is 4.18 Å². The second-order valence-electron chi connectivity index (χ2n) is 2.22. The van der Waals surface area contributed by atoms with Crippen molar-refractivity contribution in [2.75, 3.05) is 0 Å². The molecule has 0 saturated carbocycles. The van der Waals surface area contributed by atoms with Crippen molar-refractivity contribution in [1.82, 2.24) is 0 Å². The number of rotatable bonds is 3. The zero-order valence-corrected chi connectivity index (χ0v) is 15.2. The van der Waals surface area contributed by atoms with Crippen molar-refractivity contribution in [2.45, 2.75) is 0 Å². The summed E-state index contributed by atoms with van der Waals surface area (Å²) in [4.78, 5) is 10.6. The quantitative estimate of drug-likeness (QED) is 0.415. The Morgan fingerprint density at radius 1 is 1.40 bits per heavy atom. The average Bonchev–Trinajstić information content (AvgIpc) is 2.13. The molecule has 0 fully saturated rings. The zero-order chi connectivity index (χ0) is 10.7. The Morgan fingerprint density at radius 2 is 2.00 bits per heavy atom. The molecule has 0 aliphatic rings. The van der Waals surface area contributed by atoms with Gasteiger partial charge in [-0.2, -0.15) is 0 Å². The van der Waals surface area contributed by atoms with Crippen molar-refractivity contribution in [3.05, 3.63) is 27.7 Å². The molecule has 1 N–H and O–H groups in total. The Morgan fingerprint density at radius 3 is 2.47 bits per heavy atom. The number of benzene rings is 1. The molecule has 1 aromatic carbocycles. The average molecular weight is 475 g/mol. The van der Waals surface area contributed by atoms with Gasteiger partial charge in [0.15, 0.2) is 5.75 Å². The molecule has 15 heavy (non-hydrogen) atoms. The molecule has 0 saturated heterocycles. The van der Waals surface area contributed by atoms with Gasteiger partial charge >= 0.3 is 5.97 Å². The zero-order valence-electron chi connectivity index (χ0n) is 7.24. The predicted molar refractivity (Wildman–Crippen MR) is 67.1 cm³/mol. The molecule has 1 atom stereocenters. The van der Waals surface area contributed by atoms with Gasteiger partial charge < -0.3 is 9.29 Å². The van der Waals surface area contributed by atoms with Crippen molar-refractivity contribution in [3.63, 3.8) is 0 Å². The standard InChI is InChI=1S/C7H5Cl2O3PS.Tl/c8-5-3(7(10)11)1-2-4(6(5)9)12-14-13;/h1-2H,13H2,(H,10,11);. The molecule has 0 aromatic heterocycles. The Labute approximate surface area is 123 Å². The van der Waals surface area contributed by atoms with E-state index in [0.29, 0.717) is 5.75 Å². The van der Waals surface area contributed by atoms with Crippen molar-refractivity contribution >= 4 is 76.6 Å². The summed E-state index contributed by atoms with van der Waals surface area (Å²) in [5.74, 6) is -0.788. The smallest absolute Gasteiger partial charge is 0.337 e. The molecule has 0 heterocycles. The summed E-state index contributed by atoms with van der Waals surface area (Å²) >= 11 is 12.5. The summed E-state index contributed by atoms with van der Waals surface area (Å²) in [5, 5.41) is 8.80. The first kappa shape index (κ1) is 15.8. The van der Waals surface area contributed by atoms with Gasteiger partial charge in [-0.15, -0.1) is 0 Å². The van der Waals surface area contributed by atoms with Crippen LogP contribution in [0.15, 0.2) is 12.1 Å². The summed E-state index contributed by atoms with van der Waals surface area (Å²) in [7, 11) is 2.27. The van der Waals surface area contributed by atoms with Crippen LogP contribution in [0.1, 0.15) is 10.4 Å². The van der Waals surface area contributed by atoms with Crippen LogP contribution in [0.2, 0.25) is 10.0 Å². The number of hydrogen-bond donors (Lipinski definition) is 1. The normalized spacial score (nSPS) is 9.27. The first-order valence-corrected chi connectivity index (χ1v) is 6.30. The van der Waals surface area contributed by atoms with Gasteiger partial charge in [-0.1, -0.05) is 23.2 Å². The van der Waals surface area contributed by atoms with Crippen molar-refractivity contribution in [2.24, 2.45) is 0 Å². The van der Waals surface area contributed by atoms with Crippen LogP contribution in [0.25, 0.3) is 0 Å². The fraction of sp³-hybridized carbons (Fsp3) is 0. The maximum absolute atomic E-state index is 10.6. The van der Waals surface area contributed by atoms with Crippen molar-refractivity contribution in [3.8, 4) is 5.75 Å². The first-order chi connectivity index (χ1) is 6.57. The van der Waals surface area contributed by atoms with Crippen LogP contribution in [0, 0.1) is 0 Å². The predicted octanol–water partition coefficient (Wildman–Crippen LogP) is 3.13. The fourth-order valence-corrected chi connectivity index (χ4v) is 1.85. The number of carbonyl (C=O) groups is 1. The maximum atomic E-state index is 10.6. The molecule has 0 amide bonds. The molecule has 0 aliphatic carbocycles. The van der Waals surface area contributed by atoms with Crippen LogP contribution in [-0.4, -0.2) is 38.4 Å². The van der Waals surface area contributed by atoms with Gasteiger partial charge in [0.05, 0.1) is 22.2 Å². The topological polar surface area (TPSA) is 46.5 Å². The molecule has 0 spiro atoms. The van der Waals surface area contributed by atoms with Gasteiger partial charge in [0.25, 0.3) is 0 Å². The van der Waals surface area contributed by atoms with Gasteiger partial charge in [0.2, 0.25) is 0 Å². The molecule has 1 rings (SSSR count). The third kappa shape index (κ3) is 3.93. The van der Waals surface area contributed by atoms with E-state index in [-0.39, 0.29) is 42.9 Å². The van der Waals surface area contributed by atoms with E-state index in [0.717, 1.165) is 11.7 Å². The number of carboxylic acid groups (broad SMARTS) is 1. The SMILES string of the molecule is O=C(O)c1ccc(OSP)c(Cl)c1Cl.[Tl]. The van der Waals surface area contributed by atoms with Crippen LogP contribution in [-0.2, 0) is 0 Å². The van der Waals surface area contributed by atoms with E-state index in [4.69, 9.17) is 32.5 Å². The van der Waals surface area contributed by atoms with Gasteiger partial charge in [-0.25, -0.2) is 4.79 Å². The van der Waals surface area contributed by atoms with Crippen LogP contribution in [0.4, 0.5) is 0 Å². The second-order valence-corrected chi connectivity index (χ2v) is 3.92. The maximum Gasteiger partial charge on any atom is 0.337 e. The summed E-state index contributed by atoms with van der Waals surface area (Å²) in [5.41, 5.74) is -0.0437. The number of hydrogen-bond acceptors (Lipinski definition) is 3. The Kier molecular flexibility index (Phi) is 7.54. The summed E-state index contributed by atoms with van der Waals surface area (Å²) < 4.78 is 5.02. The van der Waals surface area contributed by atoms with E-state index in [1.807, 2.05) is 0 Å². The van der Waals surface area contributed by atoms with E-state index >= 15 is 0 Å². The molecule has 1 aromatic rings. The van der Waals surface area contributed by atoms with E-state index in [2.05, 4.69) is 8.44 Å². The van der Waals surface area contributed by atoms with E-state index < -0.39 is 5.97 Å². The summed E-state index contributed by atoms with van der Waals surface area (Å²) in [6.07, 6.45) is 0. The molecule has 0 aliphatic heterocycles. The van der Waals surface area contributed by atoms with Gasteiger partial charge in [-0.3, -0.25) is 0 Å². The molecule has 8 heteroatoms. The third-order valence-corrected chi connectivity index (χ3v) is 2.84. The second kappa shape index (κ2) is 7.17. The summed E-state index contributed by atoms with van der Waals surface area (Å²) in [6.45, 7) is 0. The third-order valence-electron chi connectivity index (χ3n) is 1.42. The monoisotopic (exact) mass is 475 g/mol. The van der Waals surface area contributed by atoms with E-state index in [1.54, 1.807) is 0 Å².